The Morgan fingerprint density at radius 1 is 1.09 bits per heavy atom. The van der Waals surface area contributed by atoms with E-state index in [2.05, 4.69) is 6.92 Å². The molecule has 1 amide bonds. The van der Waals surface area contributed by atoms with Crippen molar-refractivity contribution < 1.29 is 9.53 Å². The van der Waals surface area contributed by atoms with Gasteiger partial charge in [-0.2, -0.15) is 5.10 Å². The number of carbonyl (C=O) groups excluding carboxylic acids is 1. The maximum absolute atomic E-state index is 13.1. The first-order chi connectivity index (χ1) is 15.9. The van der Waals surface area contributed by atoms with Gasteiger partial charge in [0.1, 0.15) is 10.1 Å². The molecule has 1 aliphatic heterocycles. The molecule has 0 radical (unpaired) electrons. The van der Waals surface area contributed by atoms with Gasteiger partial charge in [-0.05, 0) is 69.7 Å². The van der Waals surface area contributed by atoms with E-state index in [4.69, 9.17) is 22.1 Å². The molecule has 0 aliphatic carbocycles. The first kappa shape index (κ1) is 23.3. The van der Waals surface area contributed by atoms with E-state index < -0.39 is 0 Å². The maximum atomic E-state index is 13.1. The number of thioether (sulfide) groups is 1. The van der Waals surface area contributed by atoms with Crippen molar-refractivity contribution in [2.75, 3.05) is 0 Å². The first-order valence-corrected chi connectivity index (χ1v) is 12.3. The van der Waals surface area contributed by atoms with E-state index in [0.717, 1.165) is 34.7 Å². The molecule has 4 rings (SSSR count). The van der Waals surface area contributed by atoms with Gasteiger partial charge in [0.25, 0.3) is 5.91 Å². The van der Waals surface area contributed by atoms with E-state index in [9.17, 15) is 4.79 Å². The minimum atomic E-state index is -0.0431. The molecule has 33 heavy (non-hydrogen) atoms. The van der Waals surface area contributed by atoms with Crippen LogP contribution in [0.2, 0.25) is 0 Å². The summed E-state index contributed by atoms with van der Waals surface area (Å²) in [6.45, 7) is 8.08. The molecular weight excluding hydrogens is 450 g/mol. The lowest BCUT2D eigenvalue weighted by molar-refractivity contribution is -0.123. The summed E-state index contributed by atoms with van der Waals surface area (Å²) in [6, 6.07) is 17.9. The van der Waals surface area contributed by atoms with Crippen molar-refractivity contribution in [3.05, 3.63) is 71.3 Å². The monoisotopic (exact) mass is 477 g/mol. The third kappa shape index (κ3) is 5.04. The van der Waals surface area contributed by atoms with E-state index in [1.807, 2.05) is 92.3 Å². The molecule has 1 atom stereocenters. The summed E-state index contributed by atoms with van der Waals surface area (Å²) < 4.78 is 8.23. The Balaban J connectivity index is 1.76. The van der Waals surface area contributed by atoms with Crippen LogP contribution in [0.25, 0.3) is 23.0 Å². The Kier molecular flexibility index (Phi) is 7.00. The van der Waals surface area contributed by atoms with Crippen LogP contribution in [0.3, 0.4) is 0 Å². The Morgan fingerprint density at radius 2 is 1.79 bits per heavy atom. The molecule has 7 heteroatoms. The number of para-hydroxylation sites is 1. The van der Waals surface area contributed by atoms with Gasteiger partial charge in [-0.15, -0.1) is 0 Å². The molecule has 0 bridgehead atoms. The van der Waals surface area contributed by atoms with Crippen LogP contribution in [0.1, 0.15) is 39.7 Å². The third-order valence-corrected chi connectivity index (χ3v) is 6.73. The zero-order chi connectivity index (χ0) is 23.5. The lowest BCUT2D eigenvalue weighted by Crippen LogP contribution is -2.36. The molecule has 1 aliphatic rings. The Labute approximate surface area is 204 Å². The molecule has 0 spiro atoms. The predicted molar refractivity (Wildman–Crippen MR) is 140 cm³/mol. The van der Waals surface area contributed by atoms with Crippen LogP contribution in [0.4, 0.5) is 0 Å². The lowest BCUT2D eigenvalue weighted by atomic mass is 10.1. The number of amides is 1. The normalized spacial score (nSPS) is 16.2. The molecule has 2 aromatic carbocycles. The average molecular weight is 478 g/mol. The van der Waals surface area contributed by atoms with E-state index in [1.165, 1.54) is 11.8 Å². The molecule has 1 saturated heterocycles. The summed E-state index contributed by atoms with van der Waals surface area (Å²) in [5, 5.41) is 4.86. The highest BCUT2D eigenvalue weighted by atomic mass is 32.2. The van der Waals surface area contributed by atoms with E-state index in [0.29, 0.717) is 9.23 Å². The number of thiocarbonyl (C=S) groups is 1. The van der Waals surface area contributed by atoms with E-state index in [-0.39, 0.29) is 18.1 Å². The van der Waals surface area contributed by atoms with Gasteiger partial charge in [-0.25, -0.2) is 4.68 Å². The van der Waals surface area contributed by atoms with Crippen molar-refractivity contribution >= 4 is 40.3 Å². The number of rotatable bonds is 7. The van der Waals surface area contributed by atoms with Crippen LogP contribution in [-0.2, 0) is 4.79 Å². The van der Waals surface area contributed by atoms with Crippen molar-refractivity contribution in [2.24, 2.45) is 0 Å². The van der Waals surface area contributed by atoms with Gasteiger partial charge in [0.05, 0.1) is 22.4 Å². The van der Waals surface area contributed by atoms with Crippen LogP contribution in [0.5, 0.6) is 5.75 Å². The molecule has 1 fully saturated rings. The summed E-state index contributed by atoms with van der Waals surface area (Å²) in [5.41, 5.74) is 3.56. The smallest absolute Gasteiger partial charge is 0.266 e. The van der Waals surface area contributed by atoms with E-state index >= 15 is 0 Å². The zero-order valence-corrected chi connectivity index (χ0v) is 20.8. The van der Waals surface area contributed by atoms with Crippen LogP contribution >= 0.6 is 24.0 Å². The zero-order valence-electron chi connectivity index (χ0n) is 19.2. The second kappa shape index (κ2) is 9.93. The third-order valence-electron chi connectivity index (χ3n) is 5.40. The molecule has 1 aromatic heterocycles. The van der Waals surface area contributed by atoms with Crippen molar-refractivity contribution in [3.8, 4) is 22.7 Å². The number of benzene rings is 2. The van der Waals surface area contributed by atoms with Crippen molar-refractivity contribution in [2.45, 2.75) is 46.3 Å². The lowest BCUT2D eigenvalue weighted by Gasteiger charge is -2.21. The fourth-order valence-electron chi connectivity index (χ4n) is 3.58. The Bertz CT molecular complexity index is 1180. The molecule has 170 valence electrons. The second-order valence-corrected chi connectivity index (χ2v) is 9.89. The van der Waals surface area contributed by atoms with Gasteiger partial charge in [0.2, 0.25) is 0 Å². The van der Waals surface area contributed by atoms with Gasteiger partial charge in [-0.1, -0.05) is 49.1 Å². The highest BCUT2D eigenvalue weighted by Gasteiger charge is 2.35. The average Bonchev–Trinajstić information content (AvgIpc) is 3.35. The highest BCUT2D eigenvalue weighted by Crippen LogP contribution is 2.36. The van der Waals surface area contributed by atoms with Gasteiger partial charge < -0.3 is 4.74 Å². The van der Waals surface area contributed by atoms with Crippen LogP contribution in [0.15, 0.2) is 65.7 Å². The van der Waals surface area contributed by atoms with Gasteiger partial charge >= 0.3 is 0 Å². The van der Waals surface area contributed by atoms with Gasteiger partial charge in [0, 0.05) is 23.4 Å². The SMILES string of the molecule is CC[C@H](C)N1C(=O)/C(=C/c2cn(-c3ccccc3)nc2-c2ccc(OC(C)C)cc2)SC1=S. The van der Waals surface area contributed by atoms with Crippen LogP contribution in [0, 0.1) is 0 Å². The molecule has 5 nitrogen and oxygen atoms in total. The van der Waals surface area contributed by atoms with Crippen molar-refractivity contribution in [3.63, 3.8) is 0 Å². The topological polar surface area (TPSA) is 47.4 Å². The first-order valence-electron chi connectivity index (χ1n) is 11.1. The van der Waals surface area contributed by atoms with Crippen LogP contribution in [-0.4, -0.2) is 37.1 Å². The molecule has 0 unspecified atom stereocenters. The number of hydrogen-bond acceptors (Lipinski definition) is 5. The number of nitrogens with zero attached hydrogens (tertiary/aromatic N) is 3. The fraction of sp³-hybridized carbons (Fsp3) is 0.269. The number of aromatic nitrogens is 2. The van der Waals surface area contributed by atoms with Gasteiger partial charge in [0.15, 0.2) is 0 Å². The summed E-state index contributed by atoms with van der Waals surface area (Å²) in [7, 11) is 0. The fourth-order valence-corrected chi connectivity index (χ4v) is 5.03. The predicted octanol–water partition coefficient (Wildman–Crippen LogP) is 6.33. The largest absolute Gasteiger partial charge is 0.491 e. The molecule has 2 heterocycles. The molecular formula is C26H27N3O2S2. The molecule has 0 N–H and O–H groups in total. The summed E-state index contributed by atoms with van der Waals surface area (Å²) >= 11 is 6.85. The summed E-state index contributed by atoms with van der Waals surface area (Å²) in [4.78, 5) is 15.4. The number of hydrogen-bond donors (Lipinski definition) is 0. The molecule has 0 saturated carbocycles. The maximum Gasteiger partial charge on any atom is 0.266 e. The van der Waals surface area contributed by atoms with E-state index in [1.54, 1.807) is 4.90 Å². The second-order valence-electron chi connectivity index (χ2n) is 8.21. The van der Waals surface area contributed by atoms with Crippen LogP contribution < -0.4 is 4.74 Å². The van der Waals surface area contributed by atoms with Gasteiger partial charge in [-0.3, -0.25) is 9.69 Å². The Hall–Kier alpha value is -2.90. The number of carbonyl (C=O) groups is 1. The highest BCUT2D eigenvalue weighted by molar-refractivity contribution is 8.26. The Morgan fingerprint density at radius 3 is 2.42 bits per heavy atom. The summed E-state index contributed by atoms with van der Waals surface area (Å²) in [5.74, 6) is 0.769. The quantitative estimate of drug-likeness (QED) is 0.294. The minimum Gasteiger partial charge on any atom is -0.491 e. The minimum absolute atomic E-state index is 0.0431. The summed E-state index contributed by atoms with van der Waals surface area (Å²) in [6.07, 6.45) is 4.82. The van der Waals surface area contributed by atoms with Crippen molar-refractivity contribution in [1.29, 1.82) is 0 Å². The molecule has 3 aromatic rings. The number of ether oxygens (including phenoxy) is 1. The van der Waals surface area contributed by atoms with Crippen molar-refractivity contribution in [1.82, 2.24) is 14.7 Å². The standard InChI is InChI=1S/C26H27N3O2S2/c1-5-18(4)29-25(30)23(33-26(29)32)15-20-16-28(21-9-7-6-8-10-21)27-24(20)19-11-13-22(14-12-19)31-17(2)3/h6-18H,5H2,1-4H3/b23-15-/t18-/m0/s1.